The summed E-state index contributed by atoms with van der Waals surface area (Å²) in [6.45, 7) is 4.45. The molecular weight excluding hydrogens is 292 g/mol. The molecule has 21 heavy (non-hydrogen) atoms. The van der Waals surface area contributed by atoms with E-state index in [0.717, 1.165) is 0 Å². The van der Waals surface area contributed by atoms with E-state index < -0.39 is 11.4 Å². The standard InChI is InChI=1S/C15H19ClN2O3/c1-10(2)15(13(19)20)7-8-18(9-15)14(21)17-12-5-3-11(16)4-6-12/h3-6,10H,7-9H2,1-2H3,(H,17,21)(H,19,20). The summed E-state index contributed by atoms with van der Waals surface area (Å²) in [5.41, 5.74) is -0.209. The van der Waals surface area contributed by atoms with Crippen LogP contribution >= 0.6 is 11.6 Å². The molecular formula is C15H19ClN2O3. The van der Waals surface area contributed by atoms with E-state index in [0.29, 0.717) is 23.7 Å². The van der Waals surface area contributed by atoms with Crippen LogP contribution in [0.25, 0.3) is 0 Å². The summed E-state index contributed by atoms with van der Waals surface area (Å²) in [6, 6.07) is 6.53. The second-order valence-electron chi connectivity index (χ2n) is 5.72. The monoisotopic (exact) mass is 310 g/mol. The molecule has 1 aliphatic rings. The van der Waals surface area contributed by atoms with Gasteiger partial charge in [-0.1, -0.05) is 25.4 Å². The molecule has 2 N–H and O–H groups in total. The highest BCUT2D eigenvalue weighted by Crippen LogP contribution is 2.38. The van der Waals surface area contributed by atoms with Gasteiger partial charge in [-0.05, 0) is 36.6 Å². The number of benzene rings is 1. The Morgan fingerprint density at radius 1 is 1.33 bits per heavy atom. The number of likely N-dealkylation sites (tertiary alicyclic amines) is 1. The van der Waals surface area contributed by atoms with Gasteiger partial charge in [-0.3, -0.25) is 4.79 Å². The van der Waals surface area contributed by atoms with Crippen LogP contribution in [0.15, 0.2) is 24.3 Å². The minimum absolute atomic E-state index is 0.0247. The van der Waals surface area contributed by atoms with Gasteiger partial charge in [-0.2, -0.15) is 0 Å². The van der Waals surface area contributed by atoms with Gasteiger partial charge in [-0.25, -0.2) is 4.79 Å². The van der Waals surface area contributed by atoms with Crippen molar-refractivity contribution in [3.63, 3.8) is 0 Å². The smallest absolute Gasteiger partial charge is 0.321 e. The summed E-state index contributed by atoms with van der Waals surface area (Å²) >= 11 is 5.79. The molecule has 6 heteroatoms. The first-order chi connectivity index (χ1) is 9.85. The average Bonchev–Trinajstić information content (AvgIpc) is 2.88. The van der Waals surface area contributed by atoms with Crippen molar-refractivity contribution in [2.75, 3.05) is 18.4 Å². The van der Waals surface area contributed by atoms with Crippen LogP contribution in [0, 0.1) is 11.3 Å². The van der Waals surface area contributed by atoms with Crippen molar-refractivity contribution in [2.45, 2.75) is 20.3 Å². The van der Waals surface area contributed by atoms with Gasteiger partial charge in [0.15, 0.2) is 0 Å². The number of nitrogens with one attached hydrogen (secondary N) is 1. The quantitative estimate of drug-likeness (QED) is 0.900. The van der Waals surface area contributed by atoms with Crippen LogP contribution in [-0.4, -0.2) is 35.1 Å². The molecule has 2 rings (SSSR count). The molecule has 0 saturated carbocycles. The van der Waals surface area contributed by atoms with Gasteiger partial charge in [0, 0.05) is 23.8 Å². The Morgan fingerprint density at radius 3 is 2.43 bits per heavy atom. The first-order valence-corrected chi connectivity index (χ1v) is 7.28. The maximum Gasteiger partial charge on any atom is 0.321 e. The molecule has 0 bridgehead atoms. The molecule has 1 saturated heterocycles. The second-order valence-corrected chi connectivity index (χ2v) is 6.16. The molecule has 1 aliphatic heterocycles. The number of nitrogens with zero attached hydrogens (tertiary/aromatic N) is 1. The summed E-state index contributed by atoms with van der Waals surface area (Å²) in [5.74, 6) is -0.859. The molecule has 0 spiro atoms. The Balaban J connectivity index is 2.05. The normalized spacial score (nSPS) is 21.6. The highest BCUT2D eigenvalue weighted by atomic mass is 35.5. The maximum absolute atomic E-state index is 12.2. The fraction of sp³-hybridized carbons (Fsp3) is 0.467. The summed E-state index contributed by atoms with van der Waals surface area (Å²) in [4.78, 5) is 25.3. The van der Waals surface area contributed by atoms with Gasteiger partial charge in [0.05, 0.1) is 5.41 Å². The zero-order valence-corrected chi connectivity index (χ0v) is 12.9. The number of hydrogen-bond donors (Lipinski definition) is 2. The van der Waals surface area contributed by atoms with Gasteiger partial charge in [0.2, 0.25) is 0 Å². The molecule has 0 aromatic heterocycles. The summed E-state index contributed by atoms with van der Waals surface area (Å²) in [5, 5.41) is 12.8. The number of carboxylic acids is 1. The van der Waals surface area contributed by atoms with E-state index >= 15 is 0 Å². The summed E-state index contributed by atoms with van der Waals surface area (Å²) in [6.07, 6.45) is 0.480. The van der Waals surface area contributed by atoms with Crippen molar-refractivity contribution < 1.29 is 14.7 Å². The zero-order valence-electron chi connectivity index (χ0n) is 12.1. The number of halogens is 1. The number of carbonyl (C=O) groups is 2. The molecule has 2 amide bonds. The first-order valence-electron chi connectivity index (χ1n) is 6.90. The molecule has 1 fully saturated rings. The largest absolute Gasteiger partial charge is 0.481 e. The van der Waals surface area contributed by atoms with E-state index in [9.17, 15) is 14.7 Å². The van der Waals surface area contributed by atoms with Gasteiger partial charge < -0.3 is 15.3 Å². The van der Waals surface area contributed by atoms with Gasteiger partial charge in [0.1, 0.15) is 0 Å². The van der Waals surface area contributed by atoms with Gasteiger partial charge in [0.25, 0.3) is 0 Å². The van der Waals surface area contributed by atoms with E-state index in [1.807, 2.05) is 13.8 Å². The number of amides is 2. The zero-order chi connectivity index (χ0) is 15.6. The van der Waals surface area contributed by atoms with E-state index in [1.165, 1.54) is 0 Å². The lowest BCUT2D eigenvalue weighted by atomic mass is 9.76. The van der Waals surface area contributed by atoms with Crippen molar-refractivity contribution in [1.29, 1.82) is 0 Å². The lowest BCUT2D eigenvalue weighted by molar-refractivity contribution is -0.150. The number of carbonyl (C=O) groups excluding carboxylic acids is 1. The first kappa shape index (κ1) is 15.6. The maximum atomic E-state index is 12.2. The number of carboxylic acid groups (broad SMARTS) is 1. The third-order valence-corrected chi connectivity index (χ3v) is 4.47. The Morgan fingerprint density at radius 2 is 1.95 bits per heavy atom. The van der Waals surface area contributed by atoms with Crippen molar-refractivity contribution in [3.8, 4) is 0 Å². The van der Waals surface area contributed by atoms with Crippen LogP contribution < -0.4 is 5.32 Å². The minimum atomic E-state index is -0.850. The molecule has 1 heterocycles. The average molecular weight is 311 g/mol. The molecule has 1 unspecified atom stereocenters. The molecule has 0 aliphatic carbocycles. The molecule has 1 aromatic rings. The van der Waals surface area contributed by atoms with Crippen molar-refractivity contribution in [1.82, 2.24) is 4.90 Å². The van der Waals surface area contributed by atoms with E-state index in [2.05, 4.69) is 5.32 Å². The number of anilines is 1. The molecule has 1 aromatic carbocycles. The van der Waals surface area contributed by atoms with E-state index in [4.69, 9.17) is 11.6 Å². The van der Waals surface area contributed by atoms with Crippen LogP contribution in [0.4, 0.5) is 10.5 Å². The number of hydrogen-bond acceptors (Lipinski definition) is 2. The van der Waals surface area contributed by atoms with Crippen LogP contribution in [0.5, 0.6) is 0 Å². The Kier molecular flexibility index (Phi) is 4.42. The Bertz CT molecular complexity index is 544. The predicted octanol–water partition coefficient (Wildman–Crippen LogP) is 3.30. The van der Waals surface area contributed by atoms with Gasteiger partial charge >= 0.3 is 12.0 Å². The van der Waals surface area contributed by atoms with Crippen molar-refractivity contribution >= 4 is 29.3 Å². The SMILES string of the molecule is CC(C)C1(C(=O)O)CCN(C(=O)Nc2ccc(Cl)cc2)C1. The Labute approximate surface area is 128 Å². The van der Waals surface area contributed by atoms with Gasteiger partial charge in [-0.15, -0.1) is 0 Å². The lowest BCUT2D eigenvalue weighted by Crippen LogP contribution is -2.41. The lowest BCUT2D eigenvalue weighted by Gasteiger charge is -2.28. The number of aliphatic carboxylic acids is 1. The van der Waals surface area contributed by atoms with Crippen LogP contribution in [-0.2, 0) is 4.79 Å². The van der Waals surface area contributed by atoms with Crippen LogP contribution in [0.2, 0.25) is 5.02 Å². The predicted molar refractivity (Wildman–Crippen MR) is 81.6 cm³/mol. The Hall–Kier alpha value is -1.75. The number of rotatable bonds is 3. The van der Waals surface area contributed by atoms with E-state index in [1.54, 1.807) is 29.2 Å². The summed E-state index contributed by atoms with van der Waals surface area (Å²) in [7, 11) is 0. The minimum Gasteiger partial charge on any atom is -0.481 e. The fourth-order valence-electron chi connectivity index (χ4n) is 2.64. The third-order valence-electron chi connectivity index (χ3n) is 4.21. The highest BCUT2D eigenvalue weighted by molar-refractivity contribution is 6.30. The number of urea groups is 1. The molecule has 114 valence electrons. The second kappa shape index (κ2) is 5.93. The van der Waals surface area contributed by atoms with Crippen molar-refractivity contribution in [2.24, 2.45) is 11.3 Å². The molecule has 0 radical (unpaired) electrons. The van der Waals surface area contributed by atoms with E-state index in [-0.39, 0.29) is 18.5 Å². The molecule has 1 atom stereocenters. The van der Waals surface area contributed by atoms with Crippen LogP contribution in [0.3, 0.4) is 0 Å². The topological polar surface area (TPSA) is 69.6 Å². The molecule has 5 nitrogen and oxygen atoms in total. The fourth-order valence-corrected chi connectivity index (χ4v) is 2.76. The van der Waals surface area contributed by atoms with Crippen LogP contribution in [0.1, 0.15) is 20.3 Å². The van der Waals surface area contributed by atoms with Crippen molar-refractivity contribution in [3.05, 3.63) is 29.3 Å². The third kappa shape index (κ3) is 3.13. The summed E-state index contributed by atoms with van der Waals surface area (Å²) < 4.78 is 0. The highest BCUT2D eigenvalue weighted by Gasteiger charge is 2.48.